The predicted octanol–water partition coefficient (Wildman–Crippen LogP) is 0.841. The van der Waals surface area contributed by atoms with Crippen LogP contribution in [0.5, 0.6) is 0 Å². The van der Waals surface area contributed by atoms with E-state index in [2.05, 4.69) is 5.32 Å². The van der Waals surface area contributed by atoms with Gasteiger partial charge in [-0.2, -0.15) is 0 Å². The Morgan fingerprint density at radius 3 is 3.21 bits per heavy atom. The maximum absolute atomic E-state index is 11.6. The van der Waals surface area contributed by atoms with Crippen molar-refractivity contribution in [2.45, 2.75) is 12.5 Å². The molecule has 1 aliphatic heterocycles. The lowest BCUT2D eigenvalue weighted by molar-refractivity contribution is 0.0676. The van der Waals surface area contributed by atoms with Crippen LogP contribution in [0.1, 0.15) is 16.8 Å². The number of rotatable bonds is 3. The lowest BCUT2D eigenvalue weighted by atomic mass is 10.1. The van der Waals surface area contributed by atoms with Crippen molar-refractivity contribution in [3.05, 3.63) is 24.2 Å². The van der Waals surface area contributed by atoms with Crippen molar-refractivity contribution in [2.24, 2.45) is 0 Å². The monoisotopic (exact) mass is 195 g/mol. The summed E-state index contributed by atoms with van der Waals surface area (Å²) in [5, 5.41) is 3.24. The van der Waals surface area contributed by atoms with E-state index in [1.807, 2.05) is 0 Å². The van der Waals surface area contributed by atoms with Gasteiger partial charge in [-0.3, -0.25) is 4.79 Å². The number of hydrogen-bond acceptors (Lipinski definition) is 4. The Labute approximate surface area is 82.2 Å². The third-order valence-corrected chi connectivity index (χ3v) is 2.27. The van der Waals surface area contributed by atoms with Crippen LogP contribution in [-0.4, -0.2) is 31.6 Å². The summed E-state index contributed by atoms with van der Waals surface area (Å²) in [6.45, 7) is 2.17. The molecule has 1 aliphatic rings. The number of ether oxygens (including phenoxy) is 1. The van der Waals surface area contributed by atoms with Crippen molar-refractivity contribution in [1.82, 2.24) is 5.32 Å². The lowest BCUT2D eigenvalue weighted by Gasteiger charge is -2.22. The van der Waals surface area contributed by atoms with Crippen LogP contribution in [0.3, 0.4) is 0 Å². The van der Waals surface area contributed by atoms with Crippen molar-refractivity contribution < 1.29 is 13.9 Å². The number of hydrogen-bond donors (Lipinski definition) is 1. The first kappa shape index (κ1) is 9.43. The third kappa shape index (κ3) is 2.21. The van der Waals surface area contributed by atoms with E-state index in [0.29, 0.717) is 18.6 Å². The fraction of sp³-hybridized carbons (Fsp3) is 0.500. The predicted molar refractivity (Wildman–Crippen MR) is 50.3 cm³/mol. The number of carbonyl (C=O) groups excluding carboxylic acids is 1. The molecule has 0 aromatic carbocycles. The largest absolute Gasteiger partial charge is 0.472 e. The summed E-state index contributed by atoms with van der Waals surface area (Å²) in [5.41, 5.74) is 0.636. The molecule has 1 aromatic rings. The zero-order valence-electron chi connectivity index (χ0n) is 7.86. The summed E-state index contributed by atoms with van der Waals surface area (Å²) in [5.74, 6) is 0.0988. The molecule has 4 heteroatoms. The van der Waals surface area contributed by atoms with Gasteiger partial charge in [-0.25, -0.2) is 0 Å². The minimum absolute atomic E-state index is 0.0988. The van der Waals surface area contributed by atoms with Crippen molar-refractivity contribution in [3.63, 3.8) is 0 Å². The quantitative estimate of drug-likeness (QED) is 0.726. The Kier molecular flexibility index (Phi) is 2.96. The van der Waals surface area contributed by atoms with Gasteiger partial charge >= 0.3 is 0 Å². The van der Waals surface area contributed by atoms with E-state index in [1.165, 1.54) is 12.5 Å². The van der Waals surface area contributed by atoms with Gasteiger partial charge in [0.25, 0.3) is 0 Å². The van der Waals surface area contributed by atoms with E-state index >= 15 is 0 Å². The molecule has 1 unspecified atom stereocenters. The fourth-order valence-electron chi connectivity index (χ4n) is 1.52. The van der Waals surface area contributed by atoms with Crippen molar-refractivity contribution in [1.29, 1.82) is 0 Å². The van der Waals surface area contributed by atoms with E-state index in [1.54, 1.807) is 6.07 Å². The summed E-state index contributed by atoms with van der Waals surface area (Å²) in [6.07, 6.45) is 3.46. The SMILES string of the molecule is O=C(CC1COCCN1)c1ccoc1. The van der Waals surface area contributed by atoms with Gasteiger partial charge in [0.15, 0.2) is 5.78 Å². The first-order valence-electron chi connectivity index (χ1n) is 4.73. The third-order valence-electron chi connectivity index (χ3n) is 2.27. The van der Waals surface area contributed by atoms with Crippen molar-refractivity contribution >= 4 is 5.78 Å². The molecule has 0 aliphatic carbocycles. The second-order valence-corrected chi connectivity index (χ2v) is 3.37. The zero-order valence-corrected chi connectivity index (χ0v) is 7.86. The van der Waals surface area contributed by atoms with Crippen LogP contribution in [0.15, 0.2) is 23.0 Å². The number of carbonyl (C=O) groups is 1. The molecule has 76 valence electrons. The molecule has 0 radical (unpaired) electrons. The van der Waals surface area contributed by atoms with E-state index in [0.717, 1.165) is 13.2 Å². The van der Waals surface area contributed by atoms with E-state index in [9.17, 15) is 4.79 Å². The molecule has 1 N–H and O–H groups in total. The van der Waals surface area contributed by atoms with Gasteiger partial charge in [0.2, 0.25) is 0 Å². The molecule has 2 rings (SSSR count). The van der Waals surface area contributed by atoms with Crippen LogP contribution in [0.2, 0.25) is 0 Å². The van der Waals surface area contributed by atoms with Gasteiger partial charge < -0.3 is 14.5 Å². The van der Waals surface area contributed by atoms with Gasteiger partial charge in [-0.05, 0) is 6.07 Å². The van der Waals surface area contributed by atoms with Gasteiger partial charge in [0.05, 0.1) is 25.0 Å². The van der Waals surface area contributed by atoms with Gasteiger partial charge in [0, 0.05) is 19.0 Å². The molecule has 4 nitrogen and oxygen atoms in total. The summed E-state index contributed by atoms with van der Waals surface area (Å²) in [7, 11) is 0. The van der Waals surface area contributed by atoms with Crippen LogP contribution < -0.4 is 5.32 Å². The Balaban J connectivity index is 1.87. The highest BCUT2D eigenvalue weighted by atomic mass is 16.5. The van der Waals surface area contributed by atoms with Crippen molar-refractivity contribution in [3.8, 4) is 0 Å². The maximum atomic E-state index is 11.6. The number of furan rings is 1. The average Bonchev–Trinajstić information content (AvgIpc) is 2.72. The second kappa shape index (κ2) is 4.39. The Morgan fingerprint density at radius 2 is 2.57 bits per heavy atom. The molecule has 0 amide bonds. The van der Waals surface area contributed by atoms with Gasteiger partial charge in [0.1, 0.15) is 6.26 Å². The molecule has 0 bridgehead atoms. The van der Waals surface area contributed by atoms with E-state index in [-0.39, 0.29) is 11.8 Å². The van der Waals surface area contributed by atoms with Crippen LogP contribution in [0.4, 0.5) is 0 Å². The summed E-state index contributed by atoms with van der Waals surface area (Å²) >= 11 is 0. The normalized spacial score (nSPS) is 22.1. The topological polar surface area (TPSA) is 51.5 Å². The number of morpholine rings is 1. The molecule has 1 saturated heterocycles. The first-order chi connectivity index (χ1) is 6.86. The van der Waals surface area contributed by atoms with Crippen LogP contribution in [-0.2, 0) is 4.74 Å². The van der Waals surface area contributed by atoms with Crippen LogP contribution in [0.25, 0.3) is 0 Å². The van der Waals surface area contributed by atoms with Crippen LogP contribution >= 0.6 is 0 Å². The fourth-order valence-corrected chi connectivity index (χ4v) is 1.52. The van der Waals surface area contributed by atoms with Crippen LogP contribution in [0, 0.1) is 0 Å². The highest BCUT2D eigenvalue weighted by molar-refractivity contribution is 5.96. The number of ketones is 1. The highest BCUT2D eigenvalue weighted by Gasteiger charge is 2.18. The number of Topliss-reactive ketones (excluding diaryl/α,β-unsaturated/α-hetero) is 1. The Hall–Kier alpha value is -1.13. The van der Waals surface area contributed by atoms with Gasteiger partial charge in [-0.15, -0.1) is 0 Å². The van der Waals surface area contributed by atoms with E-state index in [4.69, 9.17) is 9.15 Å². The molecule has 1 aromatic heterocycles. The second-order valence-electron chi connectivity index (χ2n) is 3.37. The average molecular weight is 195 g/mol. The molecule has 1 atom stereocenters. The summed E-state index contributed by atoms with van der Waals surface area (Å²) in [6, 6.07) is 1.83. The molecular weight excluding hydrogens is 182 g/mol. The standard InChI is InChI=1S/C10H13NO3/c12-10(8-1-3-13-6-8)5-9-7-14-4-2-11-9/h1,3,6,9,11H,2,4-5,7H2. The minimum atomic E-state index is 0.0988. The lowest BCUT2D eigenvalue weighted by Crippen LogP contribution is -2.42. The van der Waals surface area contributed by atoms with E-state index < -0.39 is 0 Å². The smallest absolute Gasteiger partial charge is 0.167 e. The van der Waals surface area contributed by atoms with Crippen molar-refractivity contribution in [2.75, 3.05) is 19.8 Å². The van der Waals surface area contributed by atoms with Gasteiger partial charge in [-0.1, -0.05) is 0 Å². The Bertz CT molecular complexity index is 288. The maximum Gasteiger partial charge on any atom is 0.167 e. The zero-order chi connectivity index (χ0) is 9.80. The molecule has 14 heavy (non-hydrogen) atoms. The number of nitrogens with one attached hydrogen (secondary N) is 1. The summed E-state index contributed by atoms with van der Waals surface area (Å²) in [4.78, 5) is 11.6. The molecule has 1 fully saturated rings. The Morgan fingerprint density at radius 1 is 1.64 bits per heavy atom. The highest BCUT2D eigenvalue weighted by Crippen LogP contribution is 2.07. The first-order valence-corrected chi connectivity index (χ1v) is 4.73. The molecule has 0 spiro atoms. The molecule has 0 saturated carbocycles. The molecule has 2 heterocycles. The minimum Gasteiger partial charge on any atom is -0.472 e. The summed E-state index contributed by atoms with van der Waals surface area (Å²) < 4.78 is 10.1. The molecular formula is C10H13NO3.